The van der Waals surface area contributed by atoms with Crippen LogP contribution in [0.2, 0.25) is 0 Å². The summed E-state index contributed by atoms with van der Waals surface area (Å²) in [4.78, 5) is 53.0. The van der Waals surface area contributed by atoms with Crippen molar-refractivity contribution < 1.29 is 28.6 Å². The van der Waals surface area contributed by atoms with Crippen LogP contribution in [-0.4, -0.2) is 52.4 Å². The molecule has 0 saturated heterocycles. The number of esters is 1. The van der Waals surface area contributed by atoms with Crippen molar-refractivity contribution >= 4 is 17.8 Å². The second kappa shape index (κ2) is 19.6. The number of allylic oxidation sites excluding steroid dienone is 3. The molecule has 7 rings (SSSR count). The van der Waals surface area contributed by atoms with Gasteiger partial charge in [-0.05, 0) is 46.4 Å². The third-order valence-corrected chi connectivity index (χ3v) is 10.9. The normalized spacial score (nSPS) is 15.2. The maximum Gasteiger partial charge on any atom is 0.408 e. The fourth-order valence-electron chi connectivity index (χ4n) is 8.15. The Bertz CT molecular complexity index is 2310. The first-order chi connectivity index (χ1) is 29.4. The molecule has 1 aromatic heterocycles. The Balaban J connectivity index is 1.36. The van der Waals surface area contributed by atoms with E-state index in [0.29, 0.717) is 18.1 Å². The topological polar surface area (TPSA) is 123 Å². The molecule has 304 valence electrons. The van der Waals surface area contributed by atoms with E-state index in [9.17, 15) is 9.59 Å². The Morgan fingerprint density at radius 3 is 1.92 bits per heavy atom. The molecule has 0 saturated carbocycles. The van der Waals surface area contributed by atoms with Gasteiger partial charge in [0.15, 0.2) is 5.78 Å². The Hall–Kier alpha value is -7.04. The molecule has 6 aromatic rings. The maximum absolute atomic E-state index is 16.1. The van der Waals surface area contributed by atoms with Crippen LogP contribution in [0.5, 0.6) is 5.75 Å². The predicted molar refractivity (Wildman–Crippen MR) is 229 cm³/mol. The first-order valence-electron chi connectivity index (χ1n) is 19.9. The summed E-state index contributed by atoms with van der Waals surface area (Å²) in [6.45, 7) is 0.475. The molecular weight excluding hydrogens is 753 g/mol. The minimum Gasteiger partial charge on any atom is -0.489 e. The van der Waals surface area contributed by atoms with E-state index in [4.69, 9.17) is 14.2 Å². The lowest BCUT2D eigenvalue weighted by Gasteiger charge is -2.56. The SMILES string of the molecule is COC(=O)CN(Cc1ccc(OCc2ccccc2)cc1)C(c1ccccc1)(c1ccccc1)C1(C(=O)[C@H](Cc2cnc[nH]2)NC(=O)OCc2ccccc2)C=CC=CC1. The molecule has 1 heterocycles. The summed E-state index contributed by atoms with van der Waals surface area (Å²) in [7, 11) is 1.36. The Labute approximate surface area is 350 Å². The average molecular weight is 801 g/mol. The van der Waals surface area contributed by atoms with E-state index in [1.807, 2.05) is 175 Å². The molecule has 5 aromatic carbocycles. The summed E-state index contributed by atoms with van der Waals surface area (Å²) in [5.74, 6) is -0.0800. The highest BCUT2D eigenvalue weighted by Crippen LogP contribution is 2.55. The van der Waals surface area contributed by atoms with Crippen LogP contribution in [-0.2, 0) is 50.8 Å². The number of H-pyrrole nitrogens is 1. The van der Waals surface area contributed by atoms with Crippen molar-refractivity contribution in [3.05, 3.63) is 216 Å². The van der Waals surface area contributed by atoms with Gasteiger partial charge >= 0.3 is 12.1 Å². The number of imidazole rings is 1. The zero-order chi connectivity index (χ0) is 41.6. The van der Waals surface area contributed by atoms with Crippen molar-refractivity contribution in [2.24, 2.45) is 5.41 Å². The van der Waals surface area contributed by atoms with E-state index >= 15 is 4.79 Å². The molecule has 2 atom stereocenters. The summed E-state index contributed by atoms with van der Waals surface area (Å²) >= 11 is 0. The molecule has 0 spiro atoms. The summed E-state index contributed by atoms with van der Waals surface area (Å²) in [5.41, 5.74) is 2.11. The number of carbonyl (C=O) groups excluding carboxylic acids is 3. The van der Waals surface area contributed by atoms with Crippen LogP contribution >= 0.6 is 0 Å². The van der Waals surface area contributed by atoms with Crippen molar-refractivity contribution in [3.63, 3.8) is 0 Å². The summed E-state index contributed by atoms with van der Waals surface area (Å²) in [5, 5.41) is 2.95. The number of ketones is 1. The molecule has 10 heteroatoms. The molecule has 0 radical (unpaired) electrons. The van der Waals surface area contributed by atoms with Gasteiger partial charge in [0.1, 0.15) is 19.0 Å². The molecule has 60 heavy (non-hydrogen) atoms. The molecule has 0 fully saturated rings. The third kappa shape index (κ3) is 9.30. The number of carbonyl (C=O) groups is 3. The zero-order valence-corrected chi connectivity index (χ0v) is 33.5. The smallest absolute Gasteiger partial charge is 0.408 e. The number of amides is 1. The largest absolute Gasteiger partial charge is 0.489 e. The maximum atomic E-state index is 16.1. The number of aromatic nitrogens is 2. The fourth-order valence-corrected chi connectivity index (χ4v) is 8.15. The molecule has 10 nitrogen and oxygen atoms in total. The molecule has 0 bridgehead atoms. The number of hydrogen-bond acceptors (Lipinski definition) is 8. The van der Waals surface area contributed by atoms with Crippen LogP contribution in [0, 0.1) is 5.41 Å². The standard InChI is InChI=1S/C50H48N4O6/c1-58-46(55)34-54(33-38-25-27-44(28-26-38)59-35-39-17-7-2-8-18-39)50(41-21-11-4-12-22-41,42-23-13-5-14-24-42)49(29-15-6-16-30-49)47(56)45(31-43-32-51-37-52-43)53-48(57)60-36-40-19-9-3-10-20-40/h2-29,32,37,45H,30-31,33-36H2,1H3,(H,51,52)(H,53,57)/t45-,49?/m0/s1. The number of rotatable bonds is 18. The number of hydrogen-bond donors (Lipinski definition) is 2. The highest BCUT2D eigenvalue weighted by Gasteiger charge is 2.61. The van der Waals surface area contributed by atoms with Crippen molar-refractivity contribution in [1.29, 1.82) is 0 Å². The molecule has 1 amide bonds. The van der Waals surface area contributed by atoms with Gasteiger partial charge in [-0.25, -0.2) is 9.78 Å². The van der Waals surface area contributed by atoms with Crippen molar-refractivity contribution in [3.8, 4) is 5.75 Å². The van der Waals surface area contributed by atoms with Gasteiger partial charge in [-0.1, -0.05) is 158 Å². The summed E-state index contributed by atoms with van der Waals surface area (Å²) < 4.78 is 17.2. The fraction of sp³-hybridized carbons (Fsp3) is 0.200. The van der Waals surface area contributed by atoms with Crippen molar-refractivity contribution in [2.75, 3.05) is 13.7 Å². The second-order valence-electron chi connectivity index (χ2n) is 14.7. The van der Waals surface area contributed by atoms with E-state index < -0.39 is 29.1 Å². The number of alkyl carbamates (subject to hydrolysis) is 1. The molecule has 1 aliphatic carbocycles. The quantitative estimate of drug-likeness (QED) is 0.0831. The molecule has 2 N–H and O–H groups in total. The number of aromatic amines is 1. The van der Waals surface area contributed by atoms with Crippen LogP contribution < -0.4 is 10.1 Å². The number of nitrogens with zero attached hydrogens (tertiary/aromatic N) is 2. The highest BCUT2D eigenvalue weighted by atomic mass is 16.5. The van der Waals surface area contributed by atoms with Crippen LogP contribution in [0.25, 0.3) is 0 Å². The van der Waals surface area contributed by atoms with Crippen molar-refractivity contribution in [2.45, 2.75) is 44.2 Å². The van der Waals surface area contributed by atoms with Gasteiger partial charge in [-0.3, -0.25) is 14.5 Å². The van der Waals surface area contributed by atoms with Crippen LogP contribution in [0.3, 0.4) is 0 Å². The first-order valence-corrected chi connectivity index (χ1v) is 19.9. The number of ether oxygens (including phenoxy) is 3. The number of benzene rings is 5. The highest BCUT2D eigenvalue weighted by molar-refractivity contribution is 5.96. The minimum atomic E-state index is -1.44. The number of methoxy groups -OCH3 is 1. The number of nitrogens with one attached hydrogen (secondary N) is 2. The molecule has 1 unspecified atom stereocenters. The van der Waals surface area contributed by atoms with Crippen LogP contribution in [0.15, 0.2) is 182 Å². The Kier molecular flexibility index (Phi) is 13.4. The Morgan fingerprint density at radius 1 is 0.767 bits per heavy atom. The molecule has 0 aliphatic heterocycles. The van der Waals surface area contributed by atoms with Crippen LogP contribution in [0.1, 0.15) is 39.9 Å². The van der Waals surface area contributed by atoms with Gasteiger partial charge in [0, 0.05) is 24.9 Å². The monoisotopic (exact) mass is 800 g/mol. The lowest BCUT2D eigenvalue weighted by Crippen LogP contribution is -2.65. The van der Waals surface area contributed by atoms with E-state index in [0.717, 1.165) is 27.8 Å². The molecule has 1 aliphatic rings. The van der Waals surface area contributed by atoms with E-state index in [1.54, 1.807) is 6.20 Å². The lowest BCUT2D eigenvalue weighted by molar-refractivity contribution is -0.149. The van der Waals surface area contributed by atoms with E-state index in [2.05, 4.69) is 15.3 Å². The van der Waals surface area contributed by atoms with Gasteiger partial charge in [-0.15, -0.1) is 0 Å². The summed E-state index contributed by atoms with van der Waals surface area (Å²) in [6, 6.07) is 45.5. The van der Waals surface area contributed by atoms with Gasteiger partial charge < -0.3 is 24.5 Å². The third-order valence-electron chi connectivity index (χ3n) is 10.9. The van der Waals surface area contributed by atoms with Gasteiger partial charge in [0.05, 0.1) is 37.0 Å². The summed E-state index contributed by atoms with van der Waals surface area (Å²) in [6.07, 6.45) is 10.4. The Morgan fingerprint density at radius 2 is 1.37 bits per heavy atom. The minimum absolute atomic E-state index is 0.0202. The predicted octanol–water partition coefficient (Wildman–Crippen LogP) is 8.52. The van der Waals surface area contributed by atoms with E-state index in [-0.39, 0.29) is 38.3 Å². The van der Waals surface area contributed by atoms with Gasteiger partial charge in [0.25, 0.3) is 0 Å². The van der Waals surface area contributed by atoms with Crippen molar-refractivity contribution in [1.82, 2.24) is 20.2 Å². The second-order valence-corrected chi connectivity index (χ2v) is 14.7. The zero-order valence-electron chi connectivity index (χ0n) is 33.5. The first kappa shape index (κ1) is 41.1. The average Bonchev–Trinajstić information content (AvgIpc) is 3.83. The number of Topliss-reactive ketones (excluding diaryl/α,β-unsaturated/α-hetero) is 1. The van der Waals surface area contributed by atoms with Gasteiger partial charge in [-0.2, -0.15) is 0 Å². The van der Waals surface area contributed by atoms with Gasteiger partial charge in [0.2, 0.25) is 0 Å². The lowest BCUT2D eigenvalue weighted by atomic mass is 9.55. The van der Waals surface area contributed by atoms with E-state index in [1.165, 1.54) is 13.4 Å². The molecular formula is C50H48N4O6. The van der Waals surface area contributed by atoms with Crippen LogP contribution in [0.4, 0.5) is 4.79 Å².